The van der Waals surface area contributed by atoms with E-state index >= 15 is 0 Å². The van der Waals surface area contributed by atoms with Gasteiger partial charge >= 0.3 is 17.9 Å². The fourth-order valence-electron chi connectivity index (χ4n) is 9.26. The van der Waals surface area contributed by atoms with E-state index in [2.05, 4.69) is 142 Å². The van der Waals surface area contributed by atoms with Crippen LogP contribution in [0.2, 0.25) is 0 Å². The molecule has 0 amide bonds. The maximum Gasteiger partial charge on any atom is 0.306 e. The number of esters is 3. The molecule has 456 valence electrons. The summed E-state index contributed by atoms with van der Waals surface area (Å²) in [4.78, 5) is 38.3. The SMILES string of the molecule is CC/C=C\C/C=C\C/C=C\C/C=C\C/C=C\CCCCCCCCCCCCCCCC(=O)OCC(COC(=O)CCCCCCCCCCCCCC)OC(=O)CCCCCCC/C=C\C/C=C\C/C=C\C/C=C\C/C=C\CC. The fraction of sp³-hybridized carbons (Fsp3) is 0.689. The highest BCUT2D eigenvalue weighted by molar-refractivity contribution is 5.71. The average molecular weight is 1110 g/mol. The molecule has 1 atom stereocenters. The highest BCUT2D eigenvalue weighted by Crippen LogP contribution is 2.16. The van der Waals surface area contributed by atoms with Gasteiger partial charge in [-0.2, -0.15) is 0 Å². The van der Waals surface area contributed by atoms with Crippen LogP contribution in [0, 0.1) is 0 Å². The Bertz CT molecular complexity index is 1650. The van der Waals surface area contributed by atoms with E-state index in [9.17, 15) is 14.4 Å². The summed E-state index contributed by atoms with van der Waals surface area (Å²) >= 11 is 0. The van der Waals surface area contributed by atoms with Gasteiger partial charge in [0.15, 0.2) is 6.10 Å². The van der Waals surface area contributed by atoms with E-state index in [1.807, 2.05) is 0 Å². The molecule has 0 bridgehead atoms. The van der Waals surface area contributed by atoms with Crippen molar-refractivity contribution in [3.05, 3.63) is 122 Å². The third-order valence-corrected chi connectivity index (χ3v) is 14.2. The second kappa shape index (κ2) is 67.3. The molecular weight excluding hydrogens is 985 g/mol. The van der Waals surface area contributed by atoms with Gasteiger partial charge in [0.1, 0.15) is 13.2 Å². The van der Waals surface area contributed by atoms with Crippen molar-refractivity contribution in [3.63, 3.8) is 0 Å². The summed E-state index contributed by atoms with van der Waals surface area (Å²) in [5.41, 5.74) is 0. The van der Waals surface area contributed by atoms with Crippen LogP contribution in [-0.4, -0.2) is 37.2 Å². The van der Waals surface area contributed by atoms with Crippen LogP contribution in [0.1, 0.15) is 310 Å². The molecule has 0 aliphatic rings. The highest BCUT2D eigenvalue weighted by atomic mass is 16.6. The molecule has 6 heteroatoms. The molecule has 0 heterocycles. The molecule has 0 aliphatic heterocycles. The predicted molar refractivity (Wildman–Crippen MR) is 348 cm³/mol. The van der Waals surface area contributed by atoms with Crippen LogP contribution in [-0.2, 0) is 28.6 Å². The molecule has 0 radical (unpaired) electrons. The first-order valence-electron chi connectivity index (χ1n) is 33.5. The van der Waals surface area contributed by atoms with Gasteiger partial charge in [-0.05, 0) is 109 Å². The molecule has 0 saturated carbocycles. The first kappa shape index (κ1) is 75.8. The molecule has 0 aliphatic carbocycles. The molecule has 0 N–H and O–H groups in total. The van der Waals surface area contributed by atoms with E-state index in [0.717, 1.165) is 141 Å². The van der Waals surface area contributed by atoms with E-state index in [-0.39, 0.29) is 31.1 Å². The second-order valence-corrected chi connectivity index (χ2v) is 22.0. The molecule has 0 spiro atoms. The molecule has 6 nitrogen and oxygen atoms in total. The van der Waals surface area contributed by atoms with E-state index in [1.54, 1.807) is 0 Å². The van der Waals surface area contributed by atoms with Crippen molar-refractivity contribution in [2.24, 2.45) is 0 Å². The molecule has 0 aromatic rings. The molecule has 0 saturated heterocycles. The fourth-order valence-corrected chi connectivity index (χ4v) is 9.26. The van der Waals surface area contributed by atoms with Crippen molar-refractivity contribution in [2.45, 2.75) is 316 Å². The van der Waals surface area contributed by atoms with Gasteiger partial charge < -0.3 is 14.2 Å². The van der Waals surface area contributed by atoms with Crippen molar-refractivity contribution in [3.8, 4) is 0 Å². The van der Waals surface area contributed by atoms with Crippen molar-refractivity contribution in [1.29, 1.82) is 0 Å². The topological polar surface area (TPSA) is 78.9 Å². The Labute approximate surface area is 494 Å². The lowest BCUT2D eigenvalue weighted by Crippen LogP contribution is -2.30. The van der Waals surface area contributed by atoms with Gasteiger partial charge in [0, 0.05) is 19.3 Å². The van der Waals surface area contributed by atoms with Gasteiger partial charge in [-0.15, -0.1) is 0 Å². The standard InChI is InChI=1S/C74H124O6/c1-4-7-10-13-16-19-22-25-27-29-31-33-34-35-36-37-38-39-40-42-43-45-47-49-52-55-58-61-64-67-73(76)79-70-71(69-78-72(75)66-63-60-57-54-51-24-21-18-15-12-9-6-3)80-74(77)68-65-62-59-56-53-50-48-46-44-41-32-30-28-26-23-20-17-14-11-8-5-2/h7-8,10-11,16-17,19-20,25-28,31-33,35-36,41,46,48,71H,4-6,9,12-15,18,21-24,29-30,34,37-40,42-45,47,49-70H2,1-3H3/b10-7-,11-8-,19-16-,20-17-,27-25-,28-26-,33-31-,36-35-,41-32-,48-46-. The Morgan fingerprint density at radius 2 is 0.487 bits per heavy atom. The molecule has 0 aromatic heterocycles. The van der Waals surface area contributed by atoms with Crippen LogP contribution in [0.3, 0.4) is 0 Å². The van der Waals surface area contributed by atoms with Crippen LogP contribution in [0.5, 0.6) is 0 Å². The summed E-state index contributed by atoms with van der Waals surface area (Å²) in [5, 5.41) is 0. The number of rotatable bonds is 60. The number of carbonyl (C=O) groups is 3. The number of unbranched alkanes of at least 4 members (excludes halogenated alkanes) is 29. The third kappa shape index (κ3) is 64.6. The molecule has 0 fully saturated rings. The van der Waals surface area contributed by atoms with E-state index in [0.29, 0.717) is 19.3 Å². The van der Waals surface area contributed by atoms with Crippen molar-refractivity contribution in [1.82, 2.24) is 0 Å². The zero-order valence-electron chi connectivity index (χ0n) is 52.3. The van der Waals surface area contributed by atoms with Gasteiger partial charge in [0.25, 0.3) is 0 Å². The van der Waals surface area contributed by atoms with Crippen LogP contribution < -0.4 is 0 Å². The third-order valence-electron chi connectivity index (χ3n) is 14.2. The summed E-state index contributed by atoms with van der Waals surface area (Å²) in [7, 11) is 0. The first-order chi connectivity index (χ1) is 39.5. The Morgan fingerprint density at radius 3 is 0.762 bits per heavy atom. The van der Waals surface area contributed by atoms with Crippen molar-refractivity contribution >= 4 is 17.9 Å². The van der Waals surface area contributed by atoms with E-state index in [4.69, 9.17) is 14.2 Å². The smallest absolute Gasteiger partial charge is 0.306 e. The van der Waals surface area contributed by atoms with Crippen molar-refractivity contribution in [2.75, 3.05) is 13.2 Å². The lowest BCUT2D eigenvalue weighted by atomic mass is 10.0. The summed E-state index contributed by atoms with van der Waals surface area (Å²) in [6.45, 7) is 6.42. The Kier molecular flexibility index (Phi) is 63.8. The molecule has 80 heavy (non-hydrogen) atoms. The molecule has 0 aromatic carbocycles. The minimum Gasteiger partial charge on any atom is -0.462 e. The normalized spacial score (nSPS) is 12.9. The number of allylic oxidation sites excluding steroid dienone is 20. The van der Waals surface area contributed by atoms with Gasteiger partial charge in [0.2, 0.25) is 0 Å². The Hall–Kier alpha value is -4.19. The predicted octanol–water partition coefficient (Wildman–Crippen LogP) is 23.2. The quantitative estimate of drug-likeness (QED) is 0.0261. The van der Waals surface area contributed by atoms with E-state index < -0.39 is 6.10 Å². The van der Waals surface area contributed by atoms with Gasteiger partial charge in [-0.25, -0.2) is 0 Å². The van der Waals surface area contributed by atoms with Crippen LogP contribution in [0.4, 0.5) is 0 Å². The zero-order valence-corrected chi connectivity index (χ0v) is 52.3. The monoisotopic (exact) mass is 1110 g/mol. The van der Waals surface area contributed by atoms with Gasteiger partial charge in [-0.1, -0.05) is 303 Å². The number of hydrogen-bond acceptors (Lipinski definition) is 6. The number of ether oxygens (including phenoxy) is 3. The minimum absolute atomic E-state index is 0.0850. The lowest BCUT2D eigenvalue weighted by Gasteiger charge is -2.18. The molecular formula is C74H124O6. The van der Waals surface area contributed by atoms with Gasteiger partial charge in [0.05, 0.1) is 0 Å². The van der Waals surface area contributed by atoms with E-state index in [1.165, 1.54) is 128 Å². The van der Waals surface area contributed by atoms with Crippen LogP contribution >= 0.6 is 0 Å². The van der Waals surface area contributed by atoms with Crippen LogP contribution in [0.15, 0.2) is 122 Å². The molecule has 0 rings (SSSR count). The summed E-state index contributed by atoms with van der Waals surface area (Å²) in [5.74, 6) is -0.897. The second-order valence-electron chi connectivity index (χ2n) is 22.0. The number of carbonyl (C=O) groups excluding carboxylic acids is 3. The summed E-state index contributed by atoms with van der Waals surface area (Å²) in [6, 6.07) is 0. The minimum atomic E-state index is -0.791. The number of hydrogen-bond donors (Lipinski definition) is 0. The largest absolute Gasteiger partial charge is 0.462 e. The van der Waals surface area contributed by atoms with Crippen molar-refractivity contribution < 1.29 is 28.6 Å². The van der Waals surface area contributed by atoms with Gasteiger partial charge in [-0.3, -0.25) is 14.4 Å². The van der Waals surface area contributed by atoms with Crippen LogP contribution in [0.25, 0.3) is 0 Å². The Morgan fingerprint density at radius 1 is 0.263 bits per heavy atom. The average Bonchev–Trinajstić information content (AvgIpc) is 3.46. The summed E-state index contributed by atoms with van der Waals surface area (Å²) in [6.07, 6.45) is 93.5. The highest BCUT2D eigenvalue weighted by Gasteiger charge is 2.19. The lowest BCUT2D eigenvalue weighted by molar-refractivity contribution is -0.167. The summed E-state index contributed by atoms with van der Waals surface area (Å²) < 4.78 is 16.9. The maximum atomic E-state index is 12.9. The molecule has 1 unspecified atom stereocenters. The zero-order chi connectivity index (χ0) is 57.8. The Balaban J connectivity index is 4.29. The maximum absolute atomic E-state index is 12.9. The first-order valence-corrected chi connectivity index (χ1v) is 33.5.